The van der Waals surface area contributed by atoms with E-state index in [1.54, 1.807) is 0 Å². The average Bonchev–Trinajstić information content (AvgIpc) is 3.31. The van der Waals surface area contributed by atoms with Gasteiger partial charge in [-0.2, -0.15) is 4.98 Å². The lowest BCUT2D eigenvalue weighted by Gasteiger charge is -2.16. The van der Waals surface area contributed by atoms with E-state index in [2.05, 4.69) is 24.0 Å². The molecule has 0 N–H and O–H groups in total. The number of halogens is 2. The highest BCUT2D eigenvalue weighted by molar-refractivity contribution is 5.96. The predicted molar refractivity (Wildman–Crippen MR) is 99.9 cm³/mol. The number of carbonyl (C=O) groups is 1. The molecule has 0 saturated carbocycles. The van der Waals surface area contributed by atoms with Gasteiger partial charge in [-0.05, 0) is 23.6 Å². The first kappa shape index (κ1) is 18.3. The molecule has 28 heavy (non-hydrogen) atoms. The molecule has 1 aliphatic heterocycles. The Morgan fingerprint density at radius 2 is 1.86 bits per heavy atom. The number of nitrogens with zero attached hydrogens (tertiary/aromatic N) is 3. The van der Waals surface area contributed by atoms with Crippen molar-refractivity contribution in [1.82, 2.24) is 10.1 Å². The topological polar surface area (TPSA) is 59.2 Å². The van der Waals surface area contributed by atoms with Crippen molar-refractivity contribution in [2.45, 2.75) is 32.1 Å². The number of aromatic nitrogens is 2. The molecule has 3 aromatic rings. The van der Waals surface area contributed by atoms with Crippen molar-refractivity contribution in [3.05, 3.63) is 65.6 Å². The van der Waals surface area contributed by atoms with E-state index in [0.717, 1.165) is 17.7 Å². The fourth-order valence-electron chi connectivity index (χ4n) is 3.31. The second-order valence-corrected chi connectivity index (χ2v) is 7.24. The molecule has 0 bridgehead atoms. The summed E-state index contributed by atoms with van der Waals surface area (Å²) < 4.78 is 32.0. The molecule has 0 radical (unpaired) electrons. The number of hydrogen-bond donors (Lipinski definition) is 0. The van der Waals surface area contributed by atoms with Crippen molar-refractivity contribution in [2.24, 2.45) is 0 Å². The van der Waals surface area contributed by atoms with Crippen LogP contribution in [0.15, 0.2) is 47.0 Å². The Morgan fingerprint density at radius 3 is 2.54 bits per heavy atom. The Morgan fingerprint density at radius 1 is 1.11 bits per heavy atom. The van der Waals surface area contributed by atoms with Crippen molar-refractivity contribution in [1.29, 1.82) is 0 Å². The van der Waals surface area contributed by atoms with Crippen molar-refractivity contribution in [3.63, 3.8) is 0 Å². The van der Waals surface area contributed by atoms with Gasteiger partial charge in [0.05, 0.1) is 5.92 Å². The highest BCUT2D eigenvalue weighted by atomic mass is 19.2. The lowest BCUT2D eigenvalue weighted by molar-refractivity contribution is -0.117. The minimum Gasteiger partial charge on any atom is -0.339 e. The van der Waals surface area contributed by atoms with Crippen LogP contribution < -0.4 is 4.90 Å². The first-order valence-electron chi connectivity index (χ1n) is 9.11. The van der Waals surface area contributed by atoms with Gasteiger partial charge in [-0.1, -0.05) is 43.3 Å². The summed E-state index contributed by atoms with van der Waals surface area (Å²) in [5, 5.41) is 4.03. The molecule has 1 fully saturated rings. The number of amides is 1. The highest BCUT2D eigenvalue weighted by Gasteiger charge is 2.35. The Hall–Kier alpha value is -3.09. The molecule has 2 aromatic carbocycles. The first-order valence-corrected chi connectivity index (χ1v) is 9.11. The third-order valence-electron chi connectivity index (χ3n) is 4.97. The van der Waals surface area contributed by atoms with Crippen LogP contribution in [0.1, 0.15) is 43.6 Å². The zero-order valence-electron chi connectivity index (χ0n) is 15.5. The van der Waals surface area contributed by atoms with Crippen LogP contribution in [0.4, 0.5) is 14.5 Å². The number of hydrogen-bond acceptors (Lipinski definition) is 4. The van der Waals surface area contributed by atoms with Gasteiger partial charge in [0.25, 0.3) is 0 Å². The second kappa shape index (κ2) is 7.14. The molecule has 5 nitrogen and oxygen atoms in total. The van der Waals surface area contributed by atoms with Crippen molar-refractivity contribution in [3.8, 4) is 11.4 Å². The molecule has 1 atom stereocenters. The summed E-state index contributed by atoms with van der Waals surface area (Å²) in [6.07, 6.45) is 0.174. The van der Waals surface area contributed by atoms with Crippen molar-refractivity contribution in [2.75, 3.05) is 11.4 Å². The summed E-state index contributed by atoms with van der Waals surface area (Å²) in [5.74, 6) is -1.17. The first-order chi connectivity index (χ1) is 13.4. The third kappa shape index (κ3) is 3.40. The molecule has 2 heterocycles. The van der Waals surface area contributed by atoms with Crippen molar-refractivity contribution < 1.29 is 18.1 Å². The lowest BCUT2D eigenvalue weighted by atomic mass is 10.0. The normalized spacial score (nSPS) is 17.0. The molecule has 0 spiro atoms. The summed E-state index contributed by atoms with van der Waals surface area (Å²) in [6.45, 7) is 4.52. The van der Waals surface area contributed by atoms with E-state index in [1.165, 1.54) is 16.5 Å². The van der Waals surface area contributed by atoms with Crippen molar-refractivity contribution >= 4 is 11.6 Å². The fraction of sp³-hybridized carbons (Fsp3) is 0.286. The molecule has 7 heteroatoms. The van der Waals surface area contributed by atoms with Crippen LogP contribution in [0.5, 0.6) is 0 Å². The number of benzene rings is 2. The monoisotopic (exact) mass is 383 g/mol. The molecule has 1 saturated heterocycles. The standard InChI is InChI=1S/C21H19F2N3O2/c1-12(2)13-3-5-14(6-4-13)20-24-21(28-25-20)15-9-19(27)26(11-15)16-7-8-17(22)18(23)10-16/h3-8,10,12,15H,9,11H2,1-2H3. The van der Waals surface area contributed by atoms with Gasteiger partial charge in [0, 0.05) is 30.3 Å². The Labute approximate surface area is 161 Å². The number of carbonyl (C=O) groups excluding carboxylic acids is 1. The summed E-state index contributed by atoms with van der Waals surface area (Å²) in [4.78, 5) is 18.2. The van der Waals surface area contributed by atoms with Crippen LogP contribution >= 0.6 is 0 Å². The molecule has 4 rings (SSSR count). The van der Waals surface area contributed by atoms with E-state index in [1.807, 2.05) is 24.3 Å². The van der Waals surface area contributed by atoms with Crippen LogP contribution in [-0.2, 0) is 4.79 Å². The van der Waals surface area contributed by atoms with Crippen LogP contribution in [0.25, 0.3) is 11.4 Å². The molecule has 1 unspecified atom stereocenters. The van der Waals surface area contributed by atoms with E-state index in [9.17, 15) is 13.6 Å². The van der Waals surface area contributed by atoms with E-state index in [-0.39, 0.29) is 24.8 Å². The minimum atomic E-state index is -0.987. The summed E-state index contributed by atoms with van der Waals surface area (Å²) in [5.41, 5.74) is 2.37. The summed E-state index contributed by atoms with van der Waals surface area (Å²) in [6, 6.07) is 11.4. The predicted octanol–water partition coefficient (Wildman–Crippen LogP) is 4.66. The Kier molecular flexibility index (Phi) is 4.66. The van der Waals surface area contributed by atoms with Gasteiger partial charge in [-0.3, -0.25) is 4.79 Å². The maximum atomic E-state index is 13.5. The van der Waals surface area contributed by atoms with Crippen LogP contribution in [0.3, 0.4) is 0 Å². The fourth-order valence-corrected chi connectivity index (χ4v) is 3.31. The molecule has 1 amide bonds. The molecular weight excluding hydrogens is 364 g/mol. The third-order valence-corrected chi connectivity index (χ3v) is 4.97. The van der Waals surface area contributed by atoms with Gasteiger partial charge >= 0.3 is 0 Å². The molecule has 144 valence electrons. The van der Waals surface area contributed by atoms with Gasteiger partial charge in [-0.15, -0.1) is 0 Å². The van der Waals surface area contributed by atoms with Gasteiger partial charge in [0.15, 0.2) is 11.6 Å². The van der Waals surface area contributed by atoms with E-state index < -0.39 is 11.6 Å². The molecule has 1 aliphatic rings. The maximum absolute atomic E-state index is 13.5. The number of anilines is 1. The molecular formula is C21H19F2N3O2. The lowest BCUT2D eigenvalue weighted by Crippen LogP contribution is -2.24. The SMILES string of the molecule is CC(C)c1ccc(-c2noc(C3CC(=O)N(c4ccc(F)c(F)c4)C3)n2)cc1. The Balaban J connectivity index is 1.53. The van der Waals surface area contributed by atoms with Gasteiger partial charge in [-0.25, -0.2) is 8.78 Å². The van der Waals surface area contributed by atoms with Crippen LogP contribution in [-0.4, -0.2) is 22.6 Å². The van der Waals surface area contributed by atoms with Gasteiger partial charge in [0.1, 0.15) is 0 Å². The summed E-state index contributed by atoms with van der Waals surface area (Å²) in [7, 11) is 0. The average molecular weight is 383 g/mol. The van der Waals surface area contributed by atoms with Gasteiger partial charge in [0.2, 0.25) is 17.6 Å². The quantitative estimate of drug-likeness (QED) is 0.658. The zero-order chi connectivity index (χ0) is 19.8. The number of rotatable bonds is 4. The largest absolute Gasteiger partial charge is 0.339 e. The second-order valence-electron chi connectivity index (χ2n) is 7.24. The Bertz CT molecular complexity index is 1010. The van der Waals surface area contributed by atoms with Crippen LogP contribution in [0.2, 0.25) is 0 Å². The highest BCUT2D eigenvalue weighted by Crippen LogP contribution is 2.32. The van der Waals surface area contributed by atoms with E-state index >= 15 is 0 Å². The maximum Gasteiger partial charge on any atom is 0.232 e. The smallest absolute Gasteiger partial charge is 0.232 e. The summed E-state index contributed by atoms with van der Waals surface area (Å²) >= 11 is 0. The van der Waals surface area contributed by atoms with Crippen LogP contribution in [0, 0.1) is 11.6 Å². The molecule has 0 aliphatic carbocycles. The van der Waals surface area contributed by atoms with E-state index in [4.69, 9.17) is 4.52 Å². The minimum absolute atomic E-state index is 0.174. The zero-order valence-corrected chi connectivity index (χ0v) is 15.5. The van der Waals surface area contributed by atoms with E-state index in [0.29, 0.717) is 23.3 Å². The molecule has 1 aromatic heterocycles. The van der Waals surface area contributed by atoms with Gasteiger partial charge < -0.3 is 9.42 Å².